The Morgan fingerprint density at radius 3 is 2.55 bits per heavy atom. The molecule has 0 aliphatic rings. The van der Waals surface area contributed by atoms with Crippen LogP contribution in [0.3, 0.4) is 0 Å². The molecular formula is C14H27N3O2S. The number of nitrogens with zero attached hydrogens (tertiary/aromatic N) is 1. The second-order valence-corrected chi connectivity index (χ2v) is 6.87. The van der Waals surface area contributed by atoms with Crippen molar-refractivity contribution >= 4 is 10.0 Å². The van der Waals surface area contributed by atoms with Crippen molar-refractivity contribution in [2.24, 2.45) is 5.92 Å². The number of aromatic nitrogens is 1. The summed E-state index contributed by atoms with van der Waals surface area (Å²) in [6.07, 6.45) is 2.68. The van der Waals surface area contributed by atoms with Crippen LogP contribution in [-0.4, -0.2) is 26.1 Å². The van der Waals surface area contributed by atoms with E-state index in [1.54, 1.807) is 12.3 Å². The quantitative estimate of drug-likeness (QED) is 0.733. The maximum absolute atomic E-state index is 12.3. The van der Waals surface area contributed by atoms with E-state index >= 15 is 0 Å². The van der Waals surface area contributed by atoms with Gasteiger partial charge in [0.2, 0.25) is 10.0 Å². The van der Waals surface area contributed by atoms with Crippen LogP contribution in [0, 0.1) is 5.92 Å². The van der Waals surface area contributed by atoms with Gasteiger partial charge in [0.15, 0.2) is 0 Å². The Kier molecular flexibility index (Phi) is 6.71. The molecule has 0 fully saturated rings. The molecule has 0 saturated carbocycles. The van der Waals surface area contributed by atoms with Crippen molar-refractivity contribution in [2.45, 2.75) is 52.1 Å². The van der Waals surface area contributed by atoms with Gasteiger partial charge in [0, 0.05) is 31.5 Å². The predicted octanol–water partition coefficient (Wildman–Crippen LogP) is 1.94. The van der Waals surface area contributed by atoms with Crippen molar-refractivity contribution in [3.8, 4) is 0 Å². The summed E-state index contributed by atoms with van der Waals surface area (Å²) in [6, 6.07) is 1.76. The van der Waals surface area contributed by atoms with Gasteiger partial charge in [-0.3, -0.25) is 0 Å². The van der Waals surface area contributed by atoms with E-state index in [1.807, 2.05) is 25.3 Å². The van der Waals surface area contributed by atoms with E-state index in [4.69, 9.17) is 0 Å². The van der Waals surface area contributed by atoms with Crippen LogP contribution in [0.25, 0.3) is 0 Å². The SMILES string of the molecule is CCNCc1cc(S(=O)(=O)NCC(C)CC)cn1CC. The van der Waals surface area contributed by atoms with Crippen molar-refractivity contribution in [1.82, 2.24) is 14.6 Å². The van der Waals surface area contributed by atoms with Crippen molar-refractivity contribution in [2.75, 3.05) is 13.1 Å². The molecule has 1 heterocycles. The van der Waals surface area contributed by atoms with Gasteiger partial charge in [0.05, 0.1) is 4.90 Å². The first-order valence-electron chi connectivity index (χ1n) is 7.34. The summed E-state index contributed by atoms with van der Waals surface area (Å²) < 4.78 is 29.2. The number of hydrogen-bond donors (Lipinski definition) is 2. The van der Waals surface area contributed by atoms with Gasteiger partial charge in [-0.15, -0.1) is 0 Å². The van der Waals surface area contributed by atoms with Gasteiger partial charge in [-0.25, -0.2) is 13.1 Å². The summed E-state index contributed by atoms with van der Waals surface area (Å²) in [5, 5.41) is 3.23. The Hall–Kier alpha value is -0.850. The van der Waals surface area contributed by atoms with Crippen LogP contribution in [0.15, 0.2) is 17.2 Å². The van der Waals surface area contributed by atoms with Gasteiger partial charge in [-0.1, -0.05) is 27.2 Å². The van der Waals surface area contributed by atoms with Crippen molar-refractivity contribution in [3.05, 3.63) is 18.0 Å². The van der Waals surface area contributed by atoms with E-state index in [0.29, 0.717) is 23.9 Å². The van der Waals surface area contributed by atoms with Crippen molar-refractivity contribution < 1.29 is 8.42 Å². The van der Waals surface area contributed by atoms with E-state index in [0.717, 1.165) is 25.2 Å². The zero-order valence-electron chi connectivity index (χ0n) is 12.9. The molecule has 1 aromatic rings. The molecule has 0 bridgehead atoms. The summed E-state index contributed by atoms with van der Waals surface area (Å²) in [6.45, 7) is 10.9. The minimum absolute atomic E-state index is 0.347. The van der Waals surface area contributed by atoms with Crippen LogP contribution in [0.5, 0.6) is 0 Å². The van der Waals surface area contributed by atoms with E-state index < -0.39 is 10.0 Å². The summed E-state index contributed by atoms with van der Waals surface area (Å²) in [5.41, 5.74) is 0.998. The molecule has 1 unspecified atom stereocenters. The highest BCUT2D eigenvalue weighted by atomic mass is 32.2. The first-order valence-corrected chi connectivity index (χ1v) is 8.82. The molecule has 0 spiro atoms. The standard InChI is InChI=1S/C14H27N3O2S/c1-5-12(4)9-16-20(18,19)14-8-13(10-15-6-2)17(7-3)11-14/h8,11-12,15-16H,5-7,9-10H2,1-4H3. The fraction of sp³-hybridized carbons (Fsp3) is 0.714. The molecular weight excluding hydrogens is 274 g/mol. The molecule has 1 rings (SSSR count). The summed E-state index contributed by atoms with van der Waals surface area (Å²) in [7, 11) is -3.40. The molecule has 0 aliphatic carbocycles. The molecule has 2 N–H and O–H groups in total. The topological polar surface area (TPSA) is 63.1 Å². The van der Waals surface area contributed by atoms with Gasteiger partial charge in [-0.05, 0) is 25.5 Å². The Balaban J connectivity index is 2.86. The molecule has 5 nitrogen and oxygen atoms in total. The highest BCUT2D eigenvalue weighted by Crippen LogP contribution is 2.15. The normalized spacial score (nSPS) is 13.6. The lowest BCUT2D eigenvalue weighted by Gasteiger charge is -2.09. The third kappa shape index (κ3) is 4.61. The fourth-order valence-electron chi connectivity index (χ4n) is 1.85. The van der Waals surface area contributed by atoms with Crippen LogP contribution >= 0.6 is 0 Å². The third-order valence-electron chi connectivity index (χ3n) is 3.49. The van der Waals surface area contributed by atoms with Gasteiger partial charge >= 0.3 is 0 Å². The molecule has 1 atom stereocenters. The first-order chi connectivity index (χ1) is 9.44. The highest BCUT2D eigenvalue weighted by Gasteiger charge is 2.18. The van der Waals surface area contributed by atoms with E-state index in [1.165, 1.54) is 0 Å². The van der Waals surface area contributed by atoms with Crippen molar-refractivity contribution in [1.29, 1.82) is 0 Å². The first kappa shape index (κ1) is 17.2. The number of aryl methyl sites for hydroxylation is 1. The van der Waals surface area contributed by atoms with Crippen LogP contribution in [-0.2, 0) is 23.1 Å². The Labute approximate surface area is 122 Å². The smallest absolute Gasteiger partial charge is 0.242 e. The monoisotopic (exact) mass is 301 g/mol. The molecule has 6 heteroatoms. The lowest BCUT2D eigenvalue weighted by molar-refractivity contribution is 0.528. The highest BCUT2D eigenvalue weighted by molar-refractivity contribution is 7.89. The Bertz CT molecular complexity index is 508. The van der Waals surface area contributed by atoms with Crippen LogP contribution < -0.4 is 10.0 Å². The number of hydrogen-bond acceptors (Lipinski definition) is 3. The summed E-state index contributed by atoms with van der Waals surface area (Å²) >= 11 is 0. The van der Waals surface area contributed by atoms with E-state index in [2.05, 4.69) is 17.0 Å². The fourth-order valence-corrected chi connectivity index (χ4v) is 3.08. The zero-order chi connectivity index (χ0) is 15.2. The molecule has 0 radical (unpaired) electrons. The largest absolute Gasteiger partial charge is 0.349 e. The van der Waals surface area contributed by atoms with Gasteiger partial charge in [0.1, 0.15) is 0 Å². The average Bonchev–Trinajstić information content (AvgIpc) is 2.86. The number of sulfonamides is 1. The third-order valence-corrected chi connectivity index (χ3v) is 4.88. The molecule has 0 aliphatic heterocycles. The maximum Gasteiger partial charge on any atom is 0.242 e. The zero-order valence-corrected chi connectivity index (χ0v) is 13.8. The van der Waals surface area contributed by atoms with Gasteiger partial charge in [-0.2, -0.15) is 0 Å². The Morgan fingerprint density at radius 1 is 1.30 bits per heavy atom. The molecule has 0 amide bonds. The lowest BCUT2D eigenvalue weighted by atomic mass is 10.1. The van der Waals surface area contributed by atoms with E-state index in [9.17, 15) is 8.42 Å². The molecule has 20 heavy (non-hydrogen) atoms. The average molecular weight is 301 g/mol. The van der Waals surface area contributed by atoms with Crippen LogP contribution in [0.2, 0.25) is 0 Å². The Morgan fingerprint density at radius 2 is 2.00 bits per heavy atom. The van der Waals surface area contributed by atoms with Gasteiger partial charge in [0.25, 0.3) is 0 Å². The predicted molar refractivity (Wildman–Crippen MR) is 82.1 cm³/mol. The van der Waals surface area contributed by atoms with Crippen molar-refractivity contribution in [3.63, 3.8) is 0 Å². The minimum atomic E-state index is -3.40. The number of rotatable bonds is 9. The second kappa shape index (κ2) is 7.81. The minimum Gasteiger partial charge on any atom is -0.349 e. The molecule has 0 aromatic carbocycles. The maximum atomic E-state index is 12.3. The molecule has 0 saturated heterocycles. The van der Waals surface area contributed by atoms with Crippen LogP contribution in [0.1, 0.15) is 39.8 Å². The van der Waals surface area contributed by atoms with Crippen LogP contribution in [0.4, 0.5) is 0 Å². The second-order valence-electron chi connectivity index (χ2n) is 5.10. The molecule has 116 valence electrons. The lowest BCUT2D eigenvalue weighted by Crippen LogP contribution is -2.28. The molecule has 1 aromatic heterocycles. The summed E-state index contributed by atoms with van der Waals surface area (Å²) in [4.78, 5) is 0.357. The number of nitrogens with one attached hydrogen (secondary N) is 2. The summed E-state index contributed by atoms with van der Waals surface area (Å²) in [5.74, 6) is 0.347. The van der Waals surface area contributed by atoms with Gasteiger partial charge < -0.3 is 9.88 Å². The van der Waals surface area contributed by atoms with E-state index in [-0.39, 0.29) is 0 Å².